The highest BCUT2D eigenvalue weighted by Gasteiger charge is 2.48. The fourth-order valence-electron chi connectivity index (χ4n) is 3.76. The van der Waals surface area contributed by atoms with Crippen LogP contribution in [0.4, 0.5) is 5.69 Å². The molecule has 152 valence electrons. The summed E-state index contributed by atoms with van der Waals surface area (Å²) in [7, 11) is 1.50. The Hall–Kier alpha value is -3.38. The molecule has 30 heavy (non-hydrogen) atoms. The number of aliphatic hydroxyl groups is 1. The molecule has 1 amide bonds. The third-order valence-electron chi connectivity index (χ3n) is 5.24. The molecule has 1 aromatic heterocycles. The Morgan fingerprint density at radius 3 is 2.53 bits per heavy atom. The zero-order valence-corrected chi connectivity index (χ0v) is 17.7. The first-order valence-corrected chi connectivity index (χ1v) is 10.4. The normalized spacial score (nSPS) is 18.1. The number of methoxy groups -OCH3 is 1. The summed E-state index contributed by atoms with van der Waals surface area (Å²) in [5, 5.41) is 13.1. The number of Topliss-reactive ketones (excluding diaryl/α,β-unsaturated/α-hetero) is 1. The topological polar surface area (TPSA) is 66.8 Å². The minimum Gasteiger partial charge on any atom is -0.507 e. The van der Waals surface area contributed by atoms with E-state index < -0.39 is 17.7 Å². The van der Waals surface area contributed by atoms with Crippen LogP contribution in [0.3, 0.4) is 0 Å². The number of aryl methyl sites for hydroxylation is 2. The van der Waals surface area contributed by atoms with Gasteiger partial charge in [0.2, 0.25) is 0 Å². The van der Waals surface area contributed by atoms with E-state index in [1.54, 1.807) is 24.3 Å². The summed E-state index contributed by atoms with van der Waals surface area (Å²) in [6.45, 7) is 3.84. The van der Waals surface area contributed by atoms with Crippen LogP contribution in [0.5, 0.6) is 5.75 Å². The van der Waals surface area contributed by atoms with E-state index in [0.29, 0.717) is 17.0 Å². The zero-order valence-electron chi connectivity index (χ0n) is 16.9. The summed E-state index contributed by atoms with van der Waals surface area (Å²) >= 11 is 1.44. The molecule has 1 saturated heterocycles. The summed E-state index contributed by atoms with van der Waals surface area (Å²) in [6.07, 6.45) is 0. The van der Waals surface area contributed by atoms with Crippen molar-refractivity contribution in [3.63, 3.8) is 0 Å². The summed E-state index contributed by atoms with van der Waals surface area (Å²) < 4.78 is 5.36. The largest absolute Gasteiger partial charge is 0.507 e. The van der Waals surface area contributed by atoms with Crippen molar-refractivity contribution in [2.75, 3.05) is 12.0 Å². The molecule has 4 rings (SSSR count). The number of benzene rings is 2. The molecular weight excluding hydrogens is 398 g/mol. The van der Waals surface area contributed by atoms with Gasteiger partial charge in [0.05, 0.1) is 18.2 Å². The Labute approximate surface area is 178 Å². The molecule has 0 saturated carbocycles. The monoisotopic (exact) mass is 419 g/mol. The molecule has 1 fully saturated rings. The number of rotatable bonds is 4. The molecule has 1 aliphatic heterocycles. The average molecular weight is 420 g/mol. The maximum Gasteiger partial charge on any atom is 0.300 e. The van der Waals surface area contributed by atoms with Crippen molar-refractivity contribution in [3.8, 4) is 5.75 Å². The third kappa shape index (κ3) is 3.19. The maximum absolute atomic E-state index is 13.2. The van der Waals surface area contributed by atoms with Gasteiger partial charge in [0, 0.05) is 10.6 Å². The van der Waals surface area contributed by atoms with Crippen LogP contribution < -0.4 is 9.64 Å². The number of thiophene rings is 1. The van der Waals surface area contributed by atoms with E-state index in [4.69, 9.17) is 4.74 Å². The van der Waals surface area contributed by atoms with Crippen LogP contribution in [0.15, 0.2) is 65.6 Å². The predicted molar refractivity (Wildman–Crippen MR) is 118 cm³/mol. The molecule has 1 atom stereocenters. The van der Waals surface area contributed by atoms with Gasteiger partial charge in [0.15, 0.2) is 0 Å². The fraction of sp³-hybridized carbons (Fsp3) is 0.167. The average Bonchev–Trinajstić information content (AvgIpc) is 3.36. The Kier molecular flexibility index (Phi) is 5.18. The van der Waals surface area contributed by atoms with Gasteiger partial charge in [-0.1, -0.05) is 30.3 Å². The standard InChI is InChI=1S/C24H21NO4S/c1-14-10-11-15(2)17(13-14)25-21(19-9-6-12-30-19)20(23(27)24(25)28)22(26)16-7-4-5-8-18(16)29-3/h4-13,21,26H,1-3H3/b22-20-. The molecule has 0 radical (unpaired) electrons. The lowest BCUT2D eigenvalue weighted by molar-refractivity contribution is -0.132. The molecule has 5 nitrogen and oxygen atoms in total. The van der Waals surface area contributed by atoms with E-state index in [1.165, 1.54) is 23.3 Å². The molecule has 2 heterocycles. The lowest BCUT2D eigenvalue weighted by Crippen LogP contribution is -2.29. The van der Waals surface area contributed by atoms with Gasteiger partial charge in [0.25, 0.3) is 11.7 Å². The zero-order chi connectivity index (χ0) is 21.4. The molecule has 1 aliphatic rings. The second-order valence-corrected chi connectivity index (χ2v) is 8.15. The van der Waals surface area contributed by atoms with Gasteiger partial charge in [0.1, 0.15) is 17.6 Å². The summed E-state index contributed by atoms with van der Waals surface area (Å²) in [5.41, 5.74) is 2.96. The number of aliphatic hydroxyl groups excluding tert-OH is 1. The smallest absolute Gasteiger partial charge is 0.300 e. The lowest BCUT2D eigenvalue weighted by Gasteiger charge is -2.26. The molecule has 6 heteroatoms. The Balaban J connectivity index is 1.98. The third-order valence-corrected chi connectivity index (χ3v) is 6.17. The van der Waals surface area contributed by atoms with Crippen molar-refractivity contribution < 1.29 is 19.4 Å². The van der Waals surface area contributed by atoms with Crippen LogP contribution >= 0.6 is 11.3 Å². The van der Waals surface area contributed by atoms with Gasteiger partial charge < -0.3 is 9.84 Å². The second kappa shape index (κ2) is 7.80. The molecular formula is C24H21NO4S. The molecule has 0 bridgehead atoms. The van der Waals surface area contributed by atoms with Crippen LogP contribution in [0, 0.1) is 13.8 Å². The Morgan fingerprint density at radius 1 is 1.07 bits per heavy atom. The van der Waals surface area contributed by atoms with Crippen molar-refractivity contribution in [1.82, 2.24) is 0 Å². The number of ether oxygens (including phenoxy) is 1. The minimum atomic E-state index is -0.713. The van der Waals surface area contributed by atoms with Gasteiger partial charge in [-0.15, -0.1) is 11.3 Å². The number of carbonyl (C=O) groups excluding carboxylic acids is 2. The van der Waals surface area contributed by atoms with Crippen LogP contribution in [0.2, 0.25) is 0 Å². The second-order valence-electron chi connectivity index (χ2n) is 7.17. The number of para-hydroxylation sites is 1. The summed E-state index contributed by atoms with van der Waals surface area (Å²) in [5.74, 6) is -1.17. The summed E-state index contributed by atoms with van der Waals surface area (Å²) in [6, 6.07) is 15.7. The van der Waals surface area contributed by atoms with E-state index in [0.717, 1.165) is 16.0 Å². The van der Waals surface area contributed by atoms with Crippen LogP contribution in [0.25, 0.3) is 5.76 Å². The van der Waals surface area contributed by atoms with E-state index in [2.05, 4.69) is 0 Å². The molecule has 3 aromatic rings. The number of ketones is 1. The molecule has 1 N–H and O–H groups in total. The SMILES string of the molecule is COc1ccccc1/C(O)=C1/C(=O)C(=O)N(c2cc(C)ccc2C)C1c1cccs1. The van der Waals surface area contributed by atoms with Gasteiger partial charge in [-0.3, -0.25) is 14.5 Å². The van der Waals surface area contributed by atoms with Crippen molar-refractivity contribution in [2.24, 2.45) is 0 Å². The van der Waals surface area contributed by atoms with Crippen molar-refractivity contribution in [3.05, 3.63) is 87.1 Å². The maximum atomic E-state index is 13.2. The molecule has 0 aliphatic carbocycles. The van der Waals surface area contributed by atoms with Crippen LogP contribution in [-0.4, -0.2) is 23.9 Å². The number of hydrogen-bond acceptors (Lipinski definition) is 5. The van der Waals surface area contributed by atoms with Gasteiger partial charge in [-0.05, 0) is 54.6 Å². The molecule has 0 spiro atoms. The van der Waals surface area contributed by atoms with E-state index in [1.807, 2.05) is 49.6 Å². The van der Waals surface area contributed by atoms with Gasteiger partial charge in [-0.2, -0.15) is 0 Å². The van der Waals surface area contributed by atoms with Crippen molar-refractivity contribution in [1.29, 1.82) is 0 Å². The molecule has 1 unspecified atom stereocenters. The van der Waals surface area contributed by atoms with E-state index >= 15 is 0 Å². The number of nitrogens with zero attached hydrogens (tertiary/aromatic N) is 1. The first-order chi connectivity index (χ1) is 14.4. The minimum absolute atomic E-state index is 0.0628. The van der Waals surface area contributed by atoms with Gasteiger partial charge >= 0.3 is 0 Å². The highest BCUT2D eigenvalue weighted by Crippen LogP contribution is 2.45. The number of anilines is 1. The van der Waals surface area contributed by atoms with E-state index in [9.17, 15) is 14.7 Å². The Bertz CT molecular complexity index is 1160. The summed E-state index contributed by atoms with van der Waals surface area (Å²) in [4.78, 5) is 28.6. The molecule has 2 aromatic carbocycles. The first kappa shape index (κ1) is 19.9. The lowest BCUT2D eigenvalue weighted by atomic mass is 9.99. The van der Waals surface area contributed by atoms with E-state index in [-0.39, 0.29) is 11.3 Å². The number of amides is 1. The van der Waals surface area contributed by atoms with Crippen LogP contribution in [0.1, 0.15) is 27.6 Å². The quantitative estimate of drug-likeness (QED) is 0.367. The van der Waals surface area contributed by atoms with Crippen LogP contribution in [-0.2, 0) is 9.59 Å². The first-order valence-electron chi connectivity index (χ1n) is 9.49. The van der Waals surface area contributed by atoms with Crippen molar-refractivity contribution >= 4 is 34.5 Å². The number of hydrogen-bond donors (Lipinski definition) is 1. The fourth-order valence-corrected chi connectivity index (χ4v) is 4.58. The predicted octanol–water partition coefficient (Wildman–Crippen LogP) is 5.00. The van der Waals surface area contributed by atoms with Crippen molar-refractivity contribution in [2.45, 2.75) is 19.9 Å². The van der Waals surface area contributed by atoms with Gasteiger partial charge in [-0.25, -0.2) is 0 Å². The number of carbonyl (C=O) groups is 2. The highest BCUT2D eigenvalue weighted by molar-refractivity contribution is 7.10. The Morgan fingerprint density at radius 2 is 1.83 bits per heavy atom. The highest BCUT2D eigenvalue weighted by atomic mass is 32.1.